The Kier molecular flexibility index (Phi) is 4.20. The maximum atomic E-state index is 13.6. The van der Waals surface area contributed by atoms with Gasteiger partial charge in [-0.25, -0.2) is 13.2 Å². The van der Waals surface area contributed by atoms with E-state index in [1.807, 2.05) is 0 Å². The number of hydrogen-bond acceptors (Lipinski definition) is 2. The van der Waals surface area contributed by atoms with Crippen molar-refractivity contribution in [2.45, 2.75) is 5.92 Å². The van der Waals surface area contributed by atoms with Crippen LogP contribution in [0, 0.1) is 17.5 Å². The highest BCUT2D eigenvalue weighted by molar-refractivity contribution is 6.01. The Bertz CT molecular complexity index is 629. The summed E-state index contributed by atoms with van der Waals surface area (Å²) in [7, 11) is 0. The number of rotatable bonds is 4. The minimum absolute atomic E-state index is 0.0543. The highest BCUT2D eigenvalue weighted by Gasteiger charge is 2.25. The molecule has 2 aromatic carbocycles. The summed E-state index contributed by atoms with van der Waals surface area (Å²) in [5.74, 6) is -5.93. The minimum Gasteiger partial charge on any atom is -0.329 e. The van der Waals surface area contributed by atoms with Crippen molar-refractivity contribution in [2.75, 3.05) is 6.54 Å². The molecule has 0 aliphatic rings. The van der Waals surface area contributed by atoms with E-state index in [0.717, 1.165) is 12.1 Å². The summed E-state index contributed by atoms with van der Waals surface area (Å²) in [5, 5.41) is 0. The Morgan fingerprint density at radius 3 is 2.25 bits per heavy atom. The second-order valence-corrected chi connectivity index (χ2v) is 4.29. The highest BCUT2D eigenvalue weighted by atomic mass is 19.2. The number of ketones is 1. The predicted octanol–water partition coefficient (Wildman–Crippen LogP) is 3.03. The zero-order valence-electron chi connectivity index (χ0n) is 10.4. The molecule has 0 aliphatic carbocycles. The van der Waals surface area contributed by atoms with Gasteiger partial charge in [0, 0.05) is 6.54 Å². The molecule has 5 heteroatoms. The van der Waals surface area contributed by atoms with Gasteiger partial charge in [0.1, 0.15) is 0 Å². The van der Waals surface area contributed by atoms with Crippen molar-refractivity contribution < 1.29 is 18.0 Å². The van der Waals surface area contributed by atoms with Crippen molar-refractivity contribution in [3.05, 3.63) is 71.0 Å². The number of nitrogens with two attached hydrogens (primary N) is 1. The zero-order valence-corrected chi connectivity index (χ0v) is 10.4. The van der Waals surface area contributed by atoms with Crippen LogP contribution in [0.5, 0.6) is 0 Å². The minimum atomic E-state index is -1.65. The van der Waals surface area contributed by atoms with E-state index in [2.05, 4.69) is 0 Å². The van der Waals surface area contributed by atoms with Crippen LogP contribution in [0.25, 0.3) is 0 Å². The van der Waals surface area contributed by atoms with Crippen LogP contribution in [0.3, 0.4) is 0 Å². The fourth-order valence-corrected chi connectivity index (χ4v) is 1.98. The molecule has 0 heterocycles. The van der Waals surface area contributed by atoms with Crippen LogP contribution in [-0.2, 0) is 0 Å². The van der Waals surface area contributed by atoms with Crippen molar-refractivity contribution in [1.29, 1.82) is 0 Å². The molecule has 1 atom stereocenters. The summed E-state index contributed by atoms with van der Waals surface area (Å²) < 4.78 is 39.7. The average Bonchev–Trinajstić information content (AvgIpc) is 2.47. The second kappa shape index (κ2) is 5.88. The third-order valence-electron chi connectivity index (χ3n) is 3.05. The third kappa shape index (κ3) is 2.58. The SMILES string of the molecule is NCC(C(=O)c1ccc(F)c(F)c1F)c1ccccc1. The number of benzene rings is 2. The van der Waals surface area contributed by atoms with Crippen molar-refractivity contribution >= 4 is 5.78 Å². The Morgan fingerprint density at radius 2 is 1.65 bits per heavy atom. The first-order valence-electron chi connectivity index (χ1n) is 5.99. The lowest BCUT2D eigenvalue weighted by molar-refractivity contribution is 0.0957. The number of hydrogen-bond donors (Lipinski definition) is 1. The first-order chi connectivity index (χ1) is 9.56. The van der Waals surface area contributed by atoms with E-state index < -0.39 is 34.7 Å². The summed E-state index contributed by atoms with van der Waals surface area (Å²) in [5.41, 5.74) is 5.65. The molecule has 0 fully saturated rings. The van der Waals surface area contributed by atoms with E-state index in [1.165, 1.54) is 0 Å². The lowest BCUT2D eigenvalue weighted by atomic mass is 9.90. The van der Waals surface area contributed by atoms with Gasteiger partial charge in [-0.1, -0.05) is 30.3 Å². The Balaban J connectivity index is 2.42. The molecule has 0 amide bonds. The van der Waals surface area contributed by atoms with E-state index in [4.69, 9.17) is 5.73 Å². The summed E-state index contributed by atoms with van der Waals surface area (Å²) in [6, 6.07) is 10.2. The highest BCUT2D eigenvalue weighted by Crippen LogP contribution is 2.23. The summed E-state index contributed by atoms with van der Waals surface area (Å²) in [6.07, 6.45) is 0. The number of Topliss-reactive ketones (excluding diaryl/α,β-unsaturated/α-hetero) is 1. The Labute approximate surface area is 114 Å². The molecule has 20 heavy (non-hydrogen) atoms. The van der Waals surface area contributed by atoms with E-state index in [-0.39, 0.29) is 6.54 Å². The van der Waals surface area contributed by atoms with Gasteiger partial charge in [0.2, 0.25) is 0 Å². The zero-order chi connectivity index (χ0) is 14.7. The molecule has 2 aromatic rings. The van der Waals surface area contributed by atoms with Crippen LogP contribution < -0.4 is 5.73 Å². The third-order valence-corrected chi connectivity index (χ3v) is 3.05. The van der Waals surface area contributed by atoms with Gasteiger partial charge in [0.15, 0.2) is 23.2 Å². The van der Waals surface area contributed by atoms with Crippen LogP contribution in [0.1, 0.15) is 21.8 Å². The molecule has 0 radical (unpaired) electrons. The van der Waals surface area contributed by atoms with Gasteiger partial charge in [-0.15, -0.1) is 0 Å². The molecule has 0 saturated carbocycles. The summed E-state index contributed by atoms with van der Waals surface area (Å²) in [6.45, 7) is -0.0543. The first kappa shape index (κ1) is 14.3. The molecular formula is C15H12F3NO. The van der Waals surface area contributed by atoms with Crippen LogP contribution in [-0.4, -0.2) is 12.3 Å². The molecule has 2 N–H and O–H groups in total. The van der Waals surface area contributed by atoms with Gasteiger partial charge >= 0.3 is 0 Å². The lowest BCUT2D eigenvalue weighted by Gasteiger charge is -2.14. The fourth-order valence-electron chi connectivity index (χ4n) is 1.98. The van der Waals surface area contributed by atoms with E-state index in [9.17, 15) is 18.0 Å². The molecule has 0 bridgehead atoms. The molecule has 0 aromatic heterocycles. The summed E-state index contributed by atoms with van der Waals surface area (Å²) in [4.78, 5) is 12.3. The van der Waals surface area contributed by atoms with Gasteiger partial charge in [-0.05, 0) is 17.7 Å². The summed E-state index contributed by atoms with van der Waals surface area (Å²) >= 11 is 0. The normalized spacial score (nSPS) is 12.2. The molecule has 0 spiro atoms. The van der Waals surface area contributed by atoms with Crippen LogP contribution in [0.4, 0.5) is 13.2 Å². The van der Waals surface area contributed by atoms with Crippen LogP contribution in [0.2, 0.25) is 0 Å². The maximum absolute atomic E-state index is 13.6. The van der Waals surface area contributed by atoms with E-state index in [0.29, 0.717) is 5.56 Å². The molecule has 2 nitrogen and oxygen atoms in total. The van der Waals surface area contributed by atoms with Crippen molar-refractivity contribution in [2.24, 2.45) is 5.73 Å². The van der Waals surface area contributed by atoms with Gasteiger partial charge < -0.3 is 5.73 Å². The van der Waals surface area contributed by atoms with Gasteiger partial charge in [-0.2, -0.15) is 0 Å². The quantitative estimate of drug-likeness (QED) is 0.690. The smallest absolute Gasteiger partial charge is 0.195 e. The largest absolute Gasteiger partial charge is 0.329 e. The van der Waals surface area contributed by atoms with Crippen molar-refractivity contribution in [3.8, 4) is 0 Å². The Hall–Kier alpha value is -2.14. The predicted molar refractivity (Wildman–Crippen MR) is 68.9 cm³/mol. The van der Waals surface area contributed by atoms with Crippen molar-refractivity contribution in [3.63, 3.8) is 0 Å². The van der Waals surface area contributed by atoms with E-state index in [1.54, 1.807) is 30.3 Å². The molecule has 0 saturated heterocycles. The van der Waals surface area contributed by atoms with Gasteiger partial charge in [0.25, 0.3) is 0 Å². The average molecular weight is 279 g/mol. The van der Waals surface area contributed by atoms with Gasteiger partial charge in [-0.3, -0.25) is 4.79 Å². The molecular weight excluding hydrogens is 267 g/mol. The second-order valence-electron chi connectivity index (χ2n) is 4.29. The number of carbonyl (C=O) groups excluding carboxylic acids is 1. The van der Waals surface area contributed by atoms with Gasteiger partial charge in [0.05, 0.1) is 11.5 Å². The molecule has 104 valence electrons. The molecule has 0 aliphatic heterocycles. The maximum Gasteiger partial charge on any atom is 0.195 e. The first-order valence-corrected chi connectivity index (χ1v) is 5.99. The standard InChI is InChI=1S/C15H12F3NO/c16-12-7-6-10(13(17)14(12)18)15(20)11(8-19)9-4-2-1-3-5-9/h1-7,11H,8,19H2. The van der Waals surface area contributed by atoms with Crippen LogP contribution >= 0.6 is 0 Å². The Morgan fingerprint density at radius 1 is 1.00 bits per heavy atom. The fraction of sp³-hybridized carbons (Fsp3) is 0.133. The van der Waals surface area contributed by atoms with Crippen LogP contribution in [0.15, 0.2) is 42.5 Å². The number of carbonyl (C=O) groups is 1. The molecule has 2 rings (SSSR count). The van der Waals surface area contributed by atoms with Crippen molar-refractivity contribution in [1.82, 2.24) is 0 Å². The topological polar surface area (TPSA) is 43.1 Å². The number of halogens is 3. The monoisotopic (exact) mass is 279 g/mol. The lowest BCUT2D eigenvalue weighted by Crippen LogP contribution is -2.23. The molecule has 1 unspecified atom stereocenters. The van der Waals surface area contributed by atoms with E-state index >= 15 is 0 Å².